The SMILES string of the molecule is CSCCCOc1cnccc1C(=O)O. The summed E-state index contributed by atoms with van der Waals surface area (Å²) >= 11 is 1.74. The molecule has 0 aliphatic carbocycles. The van der Waals surface area contributed by atoms with E-state index in [0.29, 0.717) is 12.4 Å². The molecule has 0 atom stereocenters. The van der Waals surface area contributed by atoms with Crippen LogP contribution in [0.25, 0.3) is 0 Å². The monoisotopic (exact) mass is 227 g/mol. The van der Waals surface area contributed by atoms with Crippen LogP contribution >= 0.6 is 11.8 Å². The highest BCUT2D eigenvalue weighted by molar-refractivity contribution is 7.98. The second-order valence-corrected chi connectivity index (χ2v) is 3.86. The van der Waals surface area contributed by atoms with Gasteiger partial charge >= 0.3 is 5.97 Å². The zero-order chi connectivity index (χ0) is 11.1. The van der Waals surface area contributed by atoms with Gasteiger partial charge in [0.25, 0.3) is 0 Å². The van der Waals surface area contributed by atoms with E-state index in [-0.39, 0.29) is 5.56 Å². The molecule has 4 nitrogen and oxygen atoms in total. The lowest BCUT2D eigenvalue weighted by atomic mass is 10.2. The quantitative estimate of drug-likeness (QED) is 0.752. The Morgan fingerprint density at radius 1 is 1.67 bits per heavy atom. The van der Waals surface area contributed by atoms with Gasteiger partial charge in [0.05, 0.1) is 12.8 Å². The lowest BCUT2D eigenvalue weighted by Gasteiger charge is -2.07. The fraction of sp³-hybridized carbons (Fsp3) is 0.400. The fourth-order valence-electron chi connectivity index (χ4n) is 1.06. The van der Waals surface area contributed by atoms with E-state index < -0.39 is 5.97 Å². The summed E-state index contributed by atoms with van der Waals surface area (Å²) in [6, 6.07) is 1.44. The van der Waals surface area contributed by atoms with E-state index in [0.717, 1.165) is 12.2 Å². The van der Waals surface area contributed by atoms with E-state index in [4.69, 9.17) is 9.84 Å². The first-order valence-electron chi connectivity index (χ1n) is 4.54. The van der Waals surface area contributed by atoms with Crippen LogP contribution in [0.2, 0.25) is 0 Å². The molecule has 0 aromatic carbocycles. The maximum Gasteiger partial charge on any atom is 0.339 e. The van der Waals surface area contributed by atoms with Crippen molar-refractivity contribution in [2.75, 3.05) is 18.6 Å². The molecule has 1 rings (SSSR count). The first-order chi connectivity index (χ1) is 7.25. The number of hydrogen-bond acceptors (Lipinski definition) is 4. The van der Waals surface area contributed by atoms with E-state index in [9.17, 15) is 4.79 Å². The van der Waals surface area contributed by atoms with Gasteiger partial charge in [0.1, 0.15) is 5.56 Å². The molecular weight excluding hydrogens is 214 g/mol. The molecule has 1 heterocycles. The van der Waals surface area contributed by atoms with Crippen LogP contribution in [0, 0.1) is 0 Å². The molecule has 0 saturated heterocycles. The first-order valence-corrected chi connectivity index (χ1v) is 5.94. The number of nitrogens with zero attached hydrogens (tertiary/aromatic N) is 1. The first kappa shape index (κ1) is 11.8. The summed E-state index contributed by atoms with van der Waals surface area (Å²) in [6.45, 7) is 0.521. The number of thioether (sulfide) groups is 1. The van der Waals surface area contributed by atoms with Crippen molar-refractivity contribution in [3.05, 3.63) is 24.0 Å². The number of aromatic carboxylic acids is 1. The van der Waals surface area contributed by atoms with Crippen molar-refractivity contribution in [3.63, 3.8) is 0 Å². The number of pyridine rings is 1. The fourth-order valence-corrected chi connectivity index (χ4v) is 1.46. The normalized spacial score (nSPS) is 9.93. The van der Waals surface area contributed by atoms with E-state index in [2.05, 4.69) is 4.98 Å². The highest BCUT2D eigenvalue weighted by atomic mass is 32.2. The van der Waals surface area contributed by atoms with Gasteiger partial charge in [-0.3, -0.25) is 4.98 Å². The summed E-state index contributed by atoms with van der Waals surface area (Å²) in [5.74, 6) is 0.353. The largest absolute Gasteiger partial charge is 0.491 e. The number of rotatable bonds is 6. The van der Waals surface area contributed by atoms with Crippen molar-refractivity contribution in [3.8, 4) is 5.75 Å². The van der Waals surface area contributed by atoms with Gasteiger partial charge in [-0.25, -0.2) is 4.79 Å². The molecule has 0 unspecified atom stereocenters. The average Bonchev–Trinajstić information content (AvgIpc) is 2.25. The Morgan fingerprint density at radius 2 is 2.47 bits per heavy atom. The van der Waals surface area contributed by atoms with Gasteiger partial charge in [0, 0.05) is 6.20 Å². The maximum atomic E-state index is 10.8. The topological polar surface area (TPSA) is 59.4 Å². The number of carboxylic acid groups (broad SMARTS) is 1. The number of aromatic nitrogens is 1. The Kier molecular flexibility index (Phi) is 4.97. The van der Waals surface area contributed by atoms with Crippen LogP contribution in [0.4, 0.5) is 0 Å². The zero-order valence-corrected chi connectivity index (χ0v) is 9.29. The summed E-state index contributed by atoms with van der Waals surface area (Å²) in [7, 11) is 0. The lowest BCUT2D eigenvalue weighted by molar-refractivity contribution is 0.0692. The van der Waals surface area contributed by atoms with Crippen LogP contribution in [0.3, 0.4) is 0 Å². The summed E-state index contributed by atoms with van der Waals surface area (Å²) in [4.78, 5) is 14.6. The van der Waals surface area contributed by atoms with Crippen LogP contribution in [-0.2, 0) is 0 Å². The van der Waals surface area contributed by atoms with Crippen molar-refractivity contribution in [1.29, 1.82) is 0 Å². The molecule has 0 fully saturated rings. The Bertz CT molecular complexity index is 330. The molecule has 5 heteroatoms. The molecule has 82 valence electrons. The van der Waals surface area contributed by atoms with Crippen molar-refractivity contribution in [2.45, 2.75) is 6.42 Å². The van der Waals surface area contributed by atoms with Gasteiger partial charge < -0.3 is 9.84 Å². The number of carbonyl (C=O) groups is 1. The number of ether oxygens (including phenoxy) is 1. The standard InChI is InChI=1S/C10H13NO3S/c1-15-6-2-5-14-9-7-11-4-3-8(9)10(12)13/h3-4,7H,2,5-6H2,1H3,(H,12,13). The summed E-state index contributed by atoms with van der Waals surface area (Å²) in [5.41, 5.74) is 0.161. The third kappa shape index (κ3) is 3.79. The third-order valence-corrected chi connectivity index (χ3v) is 2.46. The van der Waals surface area contributed by atoms with Gasteiger partial charge in [0.2, 0.25) is 0 Å². The van der Waals surface area contributed by atoms with E-state index in [1.807, 2.05) is 6.26 Å². The van der Waals surface area contributed by atoms with Gasteiger partial charge in [-0.15, -0.1) is 0 Å². The number of carboxylic acids is 1. The second-order valence-electron chi connectivity index (χ2n) is 2.87. The highest BCUT2D eigenvalue weighted by Gasteiger charge is 2.10. The molecule has 0 radical (unpaired) electrons. The Morgan fingerprint density at radius 3 is 3.13 bits per heavy atom. The van der Waals surface area contributed by atoms with Gasteiger partial charge in [-0.05, 0) is 24.5 Å². The van der Waals surface area contributed by atoms with Crippen molar-refractivity contribution >= 4 is 17.7 Å². The van der Waals surface area contributed by atoms with Crippen molar-refractivity contribution < 1.29 is 14.6 Å². The van der Waals surface area contributed by atoms with Crippen LogP contribution in [0.15, 0.2) is 18.5 Å². The van der Waals surface area contributed by atoms with E-state index in [1.165, 1.54) is 18.5 Å². The Hall–Kier alpha value is -1.23. The van der Waals surface area contributed by atoms with Crippen LogP contribution in [0.1, 0.15) is 16.8 Å². The van der Waals surface area contributed by atoms with Crippen LogP contribution in [-0.4, -0.2) is 34.7 Å². The lowest BCUT2D eigenvalue weighted by Crippen LogP contribution is -2.05. The minimum Gasteiger partial charge on any atom is -0.491 e. The molecule has 1 aromatic rings. The Balaban J connectivity index is 2.56. The van der Waals surface area contributed by atoms with Crippen molar-refractivity contribution in [2.24, 2.45) is 0 Å². The predicted octanol–water partition coefficient (Wildman–Crippen LogP) is 1.91. The summed E-state index contributed by atoms with van der Waals surface area (Å²) in [5, 5.41) is 8.86. The molecule has 0 amide bonds. The summed E-state index contributed by atoms with van der Waals surface area (Å²) < 4.78 is 5.34. The molecule has 0 aliphatic rings. The minimum atomic E-state index is -0.989. The van der Waals surface area contributed by atoms with Gasteiger partial charge in [-0.2, -0.15) is 11.8 Å². The molecular formula is C10H13NO3S. The molecule has 15 heavy (non-hydrogen) atoms. The minimum absolute atomic E-state index is 0.161. The number of hydrogen-bond donors (Lipinski definition) is 1. The molecule has 1 aromatic heterocycles. The summed E-state index contributed by atoms with van der Waals surface area (Å²) in [6.07, 6.45) is 5.79. The molecule has 0 bridgehead atoms. The predicted molar refractivity (Wildman–Crippen MR) is 59.7 cm³/mol. The van der Waals surface area contributed by atoms with Gasteiger partial charge in [-0.1, -0.05) is 0 Å². The highest BCUT2D eigenvalue weighted by Crippen LogP contribution is 2.16. The third-order valence-electron chi connectivity index (χ3n) is 1.77. The molecule has 1 N–H and O–H groups in total. The maximum absolute atomic E-state index is 10.8. The smallest absolute Gasteiger partial charge is 0.339 e. The van der Waals surface area contributed by atoms with Crippen LogP contribution in [0.5, 0.6) is 5.75 Å². The van der Waals surface area contributed by atoms with E-state index >= 15 is 0 Å². The van der Waals surface area contributed by atoms with Crippen LogP contribution < -0.4 is 4.74 Å². The Labute approximate surface area is 92.7 Å². The second kappa shape index (κ2) is 6.29. The molecule has 0 aliphatic heterocycles. The average molecular weight is 227 g/mol. The zero-order valence-electron chi connectivity index (χ0n) is 8.47. The van der Waals surface area contributed by atoms with E-state index in [1.54, 1.807) is 11.8 Å². The van der Waals surface area contributed by atoms with Gasteiger partial charge in [0.15, 0.2) is 5.75 Å². The molecule has 0 saturated carbocycles. The van der Waals surface area contributed by atoms with Crippen molar-refractivity contribution in [1.82, 2.24) is 4.98 Å². The molecule has 0 spiro atoms.